The Hall–Kier alpha value is -3.49. The molecule has 2 heterocycles. The number of rotatable bonds is 19. The first kappa shape index (κ1) is 46.9. The molecule has 13 nitrogen and oxygen atoms in total. The SMILES string of the molecule is CCC(CC)C[C@H](O)[C@H](CC1CCCCC1)NC(=O)[C@H](Cc1c[nH]cn1)N(C)C(=O)[C@H](Cc1ccccc1)OC(=O)N(C)CCN(C)C(=O)N1CCSCC1.Cl. The molecule has 2 aromatic rings. The van der Waals surface area contributed by atoms with E-state index in [2.05, 4.69) is 29.1 Å². The fraction of sp³-hybridized carbons (Fsp3) is 0.683. The van der Waals surface area contributed by atoms with Crippen LogP contribution in [0, 0.1) is 11.8 Å². The van der Waals surface area contributed by atoms with E-state index in [0.717, 1.165) is 55.6 Å². The molecule has 15 heteroatoms. The molecule has 314 valence electrons. The summed E-state index contributed by atoms with van der Waals surface area (Å²) < 4.78 is 5.95. The van der Waals surface area contributed by atoms with E-state index in [4.69, 9.17) is 4.74 Å². The summed E-state index contributed by atoms with van der Waals surface area (Å²) >= 11 is 1.83. The van der Waals surface area contributed by atoms with E-state index in [1.54, 1.807) is 32.2 Å². The summed E-state index contributed by atoms with van der Waals surface area (Å²) in [5.41, 5.74) is 1.39. The van der Waals surface area contributed by atoms with Crippen LogP contribution in [0.1, 0.15) is 82.9 Å². The predicted octanol–water partition coefficient (Wildman–Crippen LogP) is 5.62. The summed E-state index contributed by atoms with van der Waals surface area (Å²) in [5, 5.41) is 14.8. The minimum absolute atomic E-state index is 0. The summed E-state index contributed by atoms with van der Waals surface area (Å²) in [7, 11) is 4.86. The molecule has 4 rings (SSSR count). The zero-order chi connectivity index (χ0) is 39.7. The van der Waals surface area contributed by atoms with Crippen molar-refractivity contribution in [2.75, 3.05) is 58.8 Å². The first-order chi connectivity index (χ1) is 26.5. The van der Waals surface area contributed by atoms with Crippen LogP contribution in [0.3, 0.4) is 0 Å². The zero-order valence-corrected chi connectivity index (χ0v) is 35.7. The van der Waals surface area contributed by atoms with Gasteiger partial charge in [-0.15, -0.1) is 12.4 Å². The smallest absolute Gasteiger partial charge is 0.410 e. The number of ether oxygens (including phenoxy) is 1. The van der Waals surface area contributed by atoms with Gasteiger partial charge in [0, 0.05) is 77.9 Å². The van der Waals surface area contributed by atoms with Crippen molar-refractivity contribution in [3.05, 3.63) is 54.1 Å². The predicted molar refractivity (Wildman–Crippen MR) is 224 cm³/mol. The first-order valence-corrected chi connectivity index (χ1v) is 21.4. The number of halogens is 1. The number of hydrogen-bond donors (Lipinski definition) is 3. The van der Waals surface area contributed by atoms with E-state index < -0.39 is 36.3 Å². The number of H-pyrrole nitrogens is 1. The van der Waals surface area contributed by atoms with Crippen LogP contribution in [0.4, 0.5) is 9.59 Å². The summed E-state index contributed by atoms with van der Waals surface area (Å²) in [4.78, 5) is 68.9. The van der Waals surface area contributed by atoms with Crippen LogP contribution in [-0.4, -0.2) is 142 Å². The van der Waals surface area contributed by atoms with Crippen molar-refractivity contribution in [2.24, 2.45) is 11.8 Å². The normalized spacial score (nSPS) is 16.9. The first-order valence-electron chi connectivity index (χ1n) is 20.3. The fourth-order valence-corrected chi connectivity index (χ4v) is 8.49. The highest BCUT2D eigenvalue weighted by Gasteiger charge is 2.37. The topological polar surface area (TPSA) is 151 Å². The number of benzene rings is 1. The monoisotopic (exact) mass is 819 g/mol. The Morgan fingerprint density at radius 2 is 1.64 bits per heavy atom. The molecule has 5 amide bonds. The van der Waals surface area contributed by atoms with Gasteiger partial charge in [-0.1, -0.05) is 89.1 Å². The highest BCUT2D eigenvalue weighted by Crippen LogP contribution is 2.30. The molecule has 1 aromatic heterocycles. The highest BCUT2D eigenvalue weighted by molar-refractivity contribution is 7.99. The van der Waals surface area contributed by atoms with Crippen LogP contribution >= 0.6 is 24.2 Å². The lowest BCUT2D eigenvalue weighted by molar-refractivity contribution is -0.146. The summed E-state index contributed by atoms with van der Waals surface area (Å²) in [5.74, 6) is 1.65. The summed E-state index contributed by atoms with van der Waals surface area (Å²) in [6.45, 7) is 6.15. The number of urea groups is 1. The van der Waals surface area contributed by atoms with Crippen LogP contribution < -0.4 is 5.32 Å². The van der Waals surface area contributed by atoms with Gasteiger partial charge in [0.1, 0.15) is 6.04 Å². The van der Waals surface area contributed by atoms with E-state index >= 15 is 0 Å². The van der Waals surface area contributed by atoms with Gasteiger partial charge in [-0.2, -0.15) is 11.8 Å². The van der Waals surface area contributed by atoms with Crippen LogP contribution in [0.25, 0.3) is 0 Å². The minimum Gasteiger partial charge on any atom is -0.436 e. The second-order valence-corrected chi connectivity index (χ2v) is 16.6. The number of thioether (sulfide) groups is 1. The molecule has 1 aliphatic heterocycles. The molecule has 2 fully saturated rings. The molecule has 0 unspecified atom stereocenters. The maximum atomic E-state index is 14.5. The standard InChI is InChI=1S/C41H65N7O6S.ClH/c1-6-30(7-2)25-36(49)34(24-31-14-10-8-11-15-31)44-38(50)35(27-33-28-42-29-43-33)47(5)39(51)37(26-32-16-12-9-13-17-32)54-41(53)46(4)19-18-45(3)40(52)48-20-22-55-23-21-48;/h9,12-13,16-17,28-31,34-37,49H,6-8,10-11,14-15,18-27H2,1-5H3,(H,42,43)(H,44,50);1H/t34-,35-,36-,37-;/m0./s1. The van der Waals surface area contributed by atoms with Gasteiger partial charge in [0.05, 0.1) is 24.2 Å². The number of likely N-dealkylation sites (N-methyl/N-ethyl adjacent to an activating group) is 3. The second-order valence-electron chi connectivity index (χ2n) is 15.4. The maximum Gasteiger partial charge on any atom is 0.410 e. The number of hydrogen-bond acceptors (Lipinski definition) is 8. The minimum atomic E-state index is -1.24. The van der Waals surface area contributed by atoms with Crippen molar-refractivity contribution in [3.63, 3.8) is 0 Å². The van der Waals surface area contributed by atoms with Crippen LogP contribution in [0.2, 0.25) is 0 Å². The Bertz CT molecular complexity index is 1460. The molecular weight excluding hydrogens is 754 g/mol. The lowest BCUT2D eigenvalue weighted by Crippen LogP contribution is -2.56. The molecule has 4 atom stereocenters. The van der Waals surface area contributed by atoms with E-state index in [1.165, 1.54) is 22.5 Å². The van der Waals surface area contributed by atoms with Gasteiger partial charge >= 0.3 is 12.1 Å². The van der Waals surface area contributed by atoms with Gasteiger partial charge in [0.15, 0.2) is 6.10 Å². The molecule has 3 N–H and O–H groups in total. The molecule has 0 spiro atoms. The van der Waals surface area contributed by atoms with Crippen LogP contribution in [0.5, 0.6) is 0 Å². The Morgan fingerprint density at radius 3 is 2.27 bits per heavy atom. The molecule has 0 bridgehead atoms. The third-order valence-corrected chi connectivity index (χ3v) is 12.3. The lowest BCUT2D eigenvalue weighted by atomic mass is 9.82. The van der Waals surface area contributed by atoms with Gasteiger partial charge in [0.25, 0.3) is 5.91 Å². The molecule has 1 aliphatic carbocycles. The van der Waals surface area contributed by atoms with Crippen molar-refractivity contribution in [1.29, 1.82) is 0 Å². The molecule has 1 saturated heterocycles. The fourth-order valence-electron chi connectivity index (χ4n) is 7.59. The van der Waals surface area contributed by atoms with Crippen molar-refractivity contribution in [2.45, 2.75) is 109 Å². The summed E-state index contributed by atoms with van der Waals surface area (Å²) in [6, 6.07) is 7.78. The lowest BCUT2D eigenvalue weighted by Gasteiger charge is -2.35. The number of nitrogens with zero attached hydrogens (tertiary/aromatic N) is 5. The number of carbonyl (C=O) groups is 4. The van der Waals surface area contributed by atoms with Gasteiger partial charge in [0.2, 0.25) is 5.91 Å². The number of carbonyl (C=O) groups excluding carboxylic acids is 4. The van der Waals surface area contributed by atoms with Crippen LogP contribution in [0.15, 0.2) is 42.9 Å². The van der Waals surface area contributed by atoms with Gasteiger partial charge in [-0.05, 0) is 30.2 Å². The van der Waals surface area contributed by atoms with Crippen molar-refractivity contribution in [1.82, 2.24) is 34.9 Å². The third kappa shape index (κ3) is 14.5. The van der Waals surface area contributed by atoms with Crippen LogP contribution in [-0.2, 0) is 27.2 Å². The quantitative estimate of drug-likeness (QED) is 0.165. The average molecular weight is 821 g/mol. The number of imidazole rings is 1. The molecular formula is C41H66ClN7O6S. The van der Waals surface area contributed by atoms with Gasteiger partial charge in [-0.25, -0.2) is 14.6 Å². The Morgan fingerprint density at radius 1 is 0.982 bits per heavy atom. The Balaban J connectivity index is 0.00000841. The zero-order valence-electron chi connectivity index (χ0n) is 34.1. The van der Waals surface area contributed by atoms with E-state index in [-0.39, 0.29) is 43.7 Å². The maximum absolute atomic E-state index is 14.5. The number of aliphatic hydroxyl groups excluding tert-OH is 1. The number of nitrogens with one attached hydrogen (secondary N) is 2. The average Bonchev–Trinajstić information content (AvgIpc) is 3.74. The highest BCUT2D eigenvalue weighted by atomic mass is 35.5. The summed E-state index contributed by atoms with van der Waals surface area (Å²) in [6.07, 6.45) is 9.60. The number of amides is 5. The third-order valence-electron chi connectivity index (χ3n) is 11.4. The van der Waals surface area contributed by atoms with E-state index in [1.807, 2.05) is 47.0 Å². The molecule has 2 aliphatic rings. The number of aliphatic hydroxyl groups is 1. The number of aromatic amines is 1. The van der Waals surface area contributed by atoms with Crippen molar-refractivity contribution in [3.8, 4) is 0 Å². The number of aromatic nitrogens is 2. The molecule has 1 saturated carbocycles. The van der Waals surface area contributed by atoms with Crippen molar-refractivity contribution >= 4 is 48.1 Å². The second kappa shape index (κ2) is 24.3. The largest absolute Gasteiger partial charge is 0.436 e. The van der Waals surface area contributed by atoms with E-state index in [0.29, 0.717) is 50.0 Å². The van der Waals surface area contributed by atoms with Gasteiger partial charge < -0.3 is 39.7 Å². The molecule has 1 aromatic carbocycles. The molecule has 0 radical (unpaired) electrons. The van der Waals surface area contributed by atoms with Gasteiger partial charge in [-0.3, -0.25) is 9.59 Å². The Kier molecular flexibility index (Phi) is 20.4. The molecule has 56 heavy (non-hydrogen) atoms. The Labute approximate surface area is 344 Å². The van der Waals surface area contributed by atoms with E-state index in [9.17, 15) is 24.3 Å². The van der Waals surface area contributed by atoms with Crippen molar-refractivity contribution < 1.29 is 29.0 Å².